The summed E-state index contributed by atoms with van der Waals surface area (Å²) in [5, 5.41) is 14.5. The minimum Gasteiger partial charge on any atom is -0.478 e. The maximum Gasteiger partial charge on any atom is 0.338 e. The molecule has 0 saturated carbocycles. The van der Waals surface area contributed by atoms with Gasteiger partial charge in [0.2, 0.25) is 5.95 Å². The zero-order valence-corrected chi connectivity index (χ0v) is 16.8. The van der Waals surface area contributed by atoms with Crippen LogP contribution in [0.2, 0.25) is 5.02 Å². The number of fused-ring (bicyclic) bond motifs is 1. The van der Waals surface area contributed by atoms with Crippen molar-refractivity contribution >= 4 is 34.4 Å². The third kappa shape index (κ3) is 4.68. The number of benzene rings is 1. The second kappa shape index (κ2) is 8.80. The van der Waals surface area contributed by atoms with Crippen LogP contribution in [0.25, 0.3) is 10.9 Å². The molecule has 1 fully saturated rings. The van der Waals surface area contributed by atoms with Gasteiger partial charge < -0.3 is 20.3 Å². The van der Waals surface area contributed by atoms with Crippen LogP contribution in [0.4, 0.5) is 5.95 Å². The van der Waals surface area contributed by atoms with Crippen molar-refractivity contribution in [2.45, 2.75) is 19.3 Å². The van der Waals surface area contributed by atoms with Gasteiger partial charge in [-0.1, -0.05) is 11.6 Å². The molecule has 0 amide bonds. The molecule has 0 radical (unpaired) electrons. The van der Waals surface area contributed by atoms with E-state index in [1.165, 1.54) is 23.3 Å². The highest BCUT2D eigenvalue weighted by atomic mass is 35.5. The summed E-state index contributed by atoms with van der Waals surface area (Å²) in [6.07, 6.45) is 7.91. The number of carboxylic acids is 1. The zero-order valence-electron chi connectivity index (χ0n) is 16.1. The molecule has 3 heterocycles. The minimum atomic E-state index is -1.00. The average molecular weight is 414 g/mol. The molecule has 3 aromatic rings. The second-order valence-corrected chi connectivity index (χ2v) is 7.90. The summed E-state index contributed by atoms with van der Waals surface area (Å²) >= 11 is 6.12. The SMILES string of the molecule is O=C(O)c1cnc(N2CCC(CNCCc3c[nH]c4ccc(Cl)cc34)CC2)nc1. The minimum absolute atomic E-state index is 0.116. The molecule has 0 aliphatic carbocycles. The van der Waals surface area contributed by atoms with Crippen molar-refractivity contribution in [1.82, 2.24) is 20.3 Å². The highest BCUT2D eigenvalue weighted by Crippen LogP contribution is 2.23. The van der Waals surface area contributed by atoms with Crippen LogP contribution < -0.4 is 10.2 Å². The summed E-state index contributed by atoms with van der Waals surface area (Å²) in [5.74, 6) is 0.235. The molecule has 1 aliphatic heterocycles. The Bertz CT molecular complexity index is 980. The van der Waals surface area contributed by atoms with Gasteiger partial charge in [0.25, 0.3) is 0 Å². The smallest absolute Gasteiger partial charge is 0.338 e. The molecule has 0 spiro atoms. The predicted molar refractivity (Wildman–Crippen MR) is 114 cm³/mol. The van der Waals surface area contributed by atoms with Crippen LogP contribution in [-0.2, 0) is 6.42 Å². The first kappa shape index (κ1) is 19.7. The number of anilines is 1. The van der Waals surface area contributed by atoms with Crippen LogP contribution in [0.5, 0.6) is 0 Å². The van der Waals surface area contributed by atoms with Crippen molar-refractivity contribution in [3.05, 3.63) is 52.9 Å². The third-order valence-corrected chi connectivity index (χ3v) is 5.75. The maximum absolute atomic E-state index is 10.9. The number of aromatic carboxylic acids is 1. The Kier molecular flexibility index (Phi) is 5.97. The Morgan fingerprint density at radius 2 is 2.03 bits per heavy atom. The van der Waals surface area contributed by atoms with E-state index in [9.17, 15) is 4.79 Å². The summed E-state index contributed by atoms with van der Waals surface area (Å²) < 4.78 is 0. The van der Waals surface area contributed by atoms with Crippen molar-refractivity contribution in [2.75, 3.05) is 31.1 Å². The quantitative estimate of drug-likeness (QED) is 0.514. The van der Waals surface area contributed by atoms with Crippen molar-refractivity contribution in [2.24, 2.45) is 5.92 Å². The molecule has 29 heavy (non-hydrogen) atoms. The van der Waals surface area contributed by atoms with Crippen LogP contribution >= 0.6 is 11.6 Å². The molecule has 2 aromatic heterocycles. The van der Waals surface area contributed by atoms with Gasteiger partial charge in [-0.25, -0.2) is 14.8 Å². The lowest BCUT2D eigenvalue weighted by molar-refractivity contribution is 0.0696. The van der Waals surface area contributed by atoms with Crippen LogP contribution in [0, 0.1) is 5.92 Å². The molecular formula is C21H24ClN5O2. The first-order chi connectivity index (χ1) is 14.1. The van der Waals surface area contributed by atoms with Crippen LogP contribution in [0.15, 0.2) is 36.8 Å². The lowest BCUT2D eigenvalue weighted by atomic mass is 9.97. The first-order valence-electron chi connectivity index (χ1n) is 9.86. The van der Waals surface area contributed by atoms with E-state index in [-0.39, 0.29) is 5.56 Å². The molecule has 0 bridgehead atoms. The summed E-state index contributed by atoms with van der Waals surface area (Å²) in [4.78, 5) is 24.7. The highest BCUT2D eigenvalue weighted by Gasteiger charge is 2.21. The molecule has 152 valence electrons. The highest BCUT2D eigenvalue weighted by molar-refractivity contribution is 6.31. The number of hydrogen-bond acceptors (Lipinski definition) is 5. The van der Waals surface area contributed by atoms with Crippen LogP contribution in [0.3, 0.4) is 0 Å². The normalized spacial score (nSPS) is 15.1. The second-order valence-electron chi connectivity index (χ2n) is 7.47. The number of carbonyl (C=O) groups is 1. The molecule has 1 aliphatic rings. The van der Waals surface area contributed by atoms with E-state index < -0.39 is 5.97 Å². The third-order valence-electron chi connectivity index (χ3n) is 5.52. The van der Waals surface area contributed by atoms with Gasteiger partial charge in [0.1, 0.15) is 0 Å². The fourth-order valence-corrected chi connectivity index (χ4v) is 3.99. The van der Waals surface area contributed by atoms with E-state index in [4.69, 9.17) is 16.7 Å². The van der Waals surface area contributed by atoms with Crippen molar-refractivity contribution in [3.8, 4) is 0 Å². The predicted octanol–water partition coefficient (Wildman–Crippen LogP) is 3.36. The standard InChI is InChI=1S/C21H24ClN5O2/c22-17-1-2-19-18(9-17)15(11-24-19)3-6-23-10-14-4-7-27(8-5-14)21-25-12-16(13-26-21)20(28)29/h1-2,9,11-14,23-24H,3-8,10H2,(H,28,29). The van der Waals surface area contributed by atoms with Gasteiger partial charge in [0.15, 0.2) is 0 Å². The van der Waals surface area contributed by atoms with Gasteiger partial charge in [-0.05, 0) is 62.0 Å². The van der Waals surface area contributed by atoms with Gasteiger partial charge in [0.05, 0.1) is 5.56 Å². The van der Waals surface area contributed by atoms with E-state index in [1.807, 2.05) is 18.2 Å². The Morgan fingerprint density at radius 3 is 2.76 bits per heavy atom. The lowest BCUT2D eigenvalue weighted by Gasteiger charge is -2.32. The van der Waals surface area contributed by atoms with E-state index in [1.54, 1.807) is 0 Å². The van der Waals surface area contributed by atoms with E-state index in [0.29, 0.717) is 11.9 Å². The summed E-state index contributed by atoms with van der Waals surface area (Å²) in [6.45, 7) is 3.70. The van der Waals surface area contributed by atoms with Crippen molar-refractivity contribution < 1.29 is 9.90 Å². The zero-order chi connectivity index (χ0) is 20.2. The molecule has 1 saturated heterocycles. The number of hydrogen-bond donors (Lipinski definition) is 3. The molecular weight excluding hydrogens is 390 g/mol. The van der Waals surface area contributed by atoms with Crippen molar-refractivity contribution in [1.29, 1.82) is 0 Å². The van der Waals surface area contributed by atoms with Gasteiger partial charge in [-0.3, -0.25) is 0 Å². The van der Waals surface area contributed by atoms with E-state index in [2.05, 4.69) is 31.4 Å². The monoisotopic (exact) mass is 413 g/mol. The largest absolute Gasteiger partial charge is 0.478 e. The Labute approximate surface area is 174 Å². The van der Waals surface area contributed by atoms with Gasteiger partial charge >= 0.3 is 5.97 Å². The summed E-state index contributed by atoms with van der Waals surface area (Å²) in [7, 11) is 0. The summed E-state index contributed by atoms with van der Waals surface area (Å²) in [6, 6.07) is 5.94. The first-order valence-corrected chi connectivity index (χ1v) is 10.2. The van der Waals surface area contributed by atoms with Crippen LogP contribution in [-0.4, -0.2) is 52.2 Å². The Morgan fingerprint density at radius 1 is 1.28 bits per heavy atom. The fraction of sp³-hybridized carbons (Fsp3) is 0.381. The number of halogens is 1. The van der Waals surface area contributed by atoms with Gasteiger partial charge in [-0.15, -0.1) is 0 Å². The molecule has 1 aromatic carbocycles. The van der Waals surface area contributed by atoms with E-state index in [0.717, 1.165) is 56.0 Å². The molecule has 0 unspecified atom stereocenters. The number of nitrogens with zero attached hydrogens (tertiary/aromatic N) is 3. The number of rotatable bonds is 7. The topological polar surface area (TPSA) is 94.1 Å². The molecule has 3 N–H and O–H groups in total. The Balaban J connectivity index is 1.21. The molecule has 7 nitrogen and oxygen atoms in total. The van der Waals surface area contributed by atoms with Crippen molar-refractivity contribution in [3.63, 3.8) is 0 Å². The van der Waals surface area contributed by atoms with Gasteiger partial charge in [-0.2, -0.15) is 0 Å². The van der Waals surface area contributed by atoms with Crippen LogP contribution in [0.1, 0.15) is 28.8 Å². The number of piperidine rings is 1. The molecule has 0 atom stereocenters. The molecule has 8 heteroatoms. The fourth-order valence-electron chi connectivity index (χ4n) is 3.82. The lowest BCUT2D eigenvalue weighted by Crippen LogP contribution is -2.38. The number of H-pyrrole nitrogens is 1. The van der Waals surface area contributed by atoms with E-state index >= 15 is 0 Å². The average Bonchev–Trinajstić information content (AvgIpc) is 3.14. The maximum atomic E-state index is 10.9. The number of carboxylic acid groups (broad SMARTS) is 1. The summed E-state index contributed by atoms with van der Waals surface area (Å²) in [5.41, 5.74) is 2.52. The number of aromatic amines is 1. The Hall–Kier alpha value is -2.64. The van der Waals surface area contributed by atoms with Gasteiger partial charge in [0, 0.05) is 47.6 Å². The number of nitrogens with one attached hydrogen (secondary N) is 2. The number of aromatic nitrogens is 3. The molecule has 4 rings (SSSR count).